The van der Waals surface area contributed by atoms with Gasteiger partial charge in [-0.3, -0.25) is 4.79 Å². The van der Waals surface area contributed by atoms with Crippen molar-refractivity contribution >= 4 is 5.97 Å². The predicted octanol–water partition coefficient (Wildman–Crippen LogP) is 5.35. The monoisotopic (exact) mass is 318 g/mol. The van der Waals surface area contributed by atoms with Crippen molar-refractivity contribution in [3.63, 3.8) is 0 Å². The van der Waals surface area contributed by atoms with E-state index < -0.39 is 0 Å². The number of esters is 1. The third-order valence-electron chi connectivity index (χ3n) is 8.30. The molecule has 2 heteroatoms. The van der Waals surface area contributed by atoms with Gasteiger partial charge in [0.2, 0.25) is 0 Å². The molecule has 23 heavy (non-hydrogen) atoms. The van der Waals surface area contributed by atoms with Gasteiger partial charge < -0.3 is 4.74 Å². The highest BCUT2D eigenvalue weighted by Crippen LogP contribution is 2.56. The van der Waals surface area contributed by atoms with Crippen LogP contribution in [0.3, 0.4) is 0 Å². The Kier molecular flexibility index (Phi) is 4.22. The van der Waals surface area contributed by atoms with Gasteiger partial charge in [0.1, 0.15) is 5.60 Å². The van der Waals surface area contributed by atoms with Gasteiger partial charge in [0.05, 0.1) is 5.92 Å². The number of carbonyl (C=O) groups excluding carboxylic acids is 1. The molecule has 0 amide bonds. The topological polar surface area (TPSA) is 26.3 Å². The molecule has 0 aromatic heterocycles. The summed E-state index contributed by atoms with van der Waals surface area (Å²) >= 11 is 0. The van der Waals surface area contributed by atoms with Crippen molar-refractivity contribution in [1.29, 1.82) is 0 Å². The van der Waals surface area contributed by atoms with E-state index in [0.717, 1.165) is 31.1 Å². The lowest BCUT2D eigenvalue weighted by Crippen LogP contribution is -2.44. The first-order chi connectivity index (χ1) is 11.1. The summed E-state index contributed by atoms with van der Waals surface area (Å²) in [6.07, 6.45) is 13.8. The maximum absolute atomic E-state index is 13.1. The van der Waals surface area contributed by atoms with Crippen LogP contribution in [0, 0.1) is 35.5 Å². The number of rotatable bonds is 3. The summed E-state index contributed by atoms with van der Waals surface area (Å²) in [5.41, 5.74) is -0.0752. The van der Waals surface area contributed by atoms with E-state index in [9.17, 15) is 4.79 Å². The first kappa shape index (κ1) is 16.0. The molecule has 130 valence electrons. The van der Waals surface area contributed by atoms with Crippen molar-refractivity contribution in [1.82, 2.24) is 0 Å². The van der Waals surface area contributed by atoms with Gasteiger partial charge in [-0.25, -0.2) is 0 Å². The Labute approximate surface area is 141 Å². The molecule has 4 rings (SSSR count). The zero-order valence-electron chi connectivity index (χ0n) is 15.1. The largest absolute Gasteiger partial charge is 0.459 e. The Morgan fingerprint density at radius 1 is 0.913 bits per heavy atom. The zero-order chi connectivity index (χ0) is 16.0. The van der Waals surface area contributed by atoms with E-state index in [1.54, 1.807) is 0 Å². The second-order valence-corrected chi connectivity index (χ2v) is 9.25. The van der Waals surface area contributed by atoms with Crippen LogP contribution in [-0.2, 0) is 9.53 Å². The van der Waals surface area contributed by atoms with Gasteiger partial charge in [-0.2, -0.15) is 0 Å². The fourth-order valence-corrected chi connectivity index (χ4v) is 6.68. The summed E-state index contributed by atoms with van der Waals surface area (Å²) in [7, 11) is 0. The first-order valence-corrected chi connectivity index (χ1v) is 10.3. The van der Waals surface area contributed by atoms with Gasteiger partial charge in [-0.15, -0.1) is 0 Å². The molecule has 4 fully saturated rings. The quantitative estimate of drug-likeness (QED) is 0.656. The van der Waals surface area contributed by atoms with Gasteiger partial charge >= 0.3 is 5.97 Å². The van der Waals surface area contributed by atoms with E-state index in [4.69, 9.17) is 4.74 Å². The molecule has 0 aliphatic heterocycles. The van der Waals surface area contributed by atoms with Crippen LogP contribution in [0.15, 0.2) is 0 Å². The van der Waals surface area contributed by atoms with Crippen LogP contribution in [-0.4, -0.2) is 11.6 Å². The van der Waals surface area contributed by atoms with Crippen LogP contribution in [0.5, 0.6) is 0 Å². The second-order valence-electron chi connectivity index (χ2n) is 9.25. The fourth-order valence-electron chi connectivity index (χ4n) is 6.68. The summed E-state index contributed by atoms with van der Waals surface area (Å²) in [4.78, 5) is 13.1. The zero-order valence-corrected chi connectivity index (χ0v) is 15.1. The molecule has 5 unspecified atom stereocenters. The summed E-state index contributed by atoms with van der Waals surface area (Å²) < 4.78 is 6.42. The van der Waals surface area contributed by atoms with Crippen LogP contribution in [0.25, 0.3) is 0 Å². The number of hydrogen-bond donors (Lipinski definition) is 0. The lowest BCUT2D eigenvalue weighted by molar-refractivity contribution is -0.175. The van der Waals surface area contributed by atoms with E-state index in [1.807, 2.05) is 0 Å². The van der Waals surface area contributed by atoms with Crippen molar-refractivity contribution in [3.8, 4) is 0 Å². The lowest BCUT2D eigenvalue weighted by Gasteiger charge is -2.41. The molecule has 2 nitrogen and oxygen atoms in total. The molecular formula is C21H34O2. The third kappa shape index (κ3) is 2.65. The van der Waals surface area contributed by atoms with Crippen molar-refractivity contribution in [2.24, 2.45) is 35.5 Å². The maximum atomic E-state index is 13.1. The van der Waals surface area contributed by atoms with Gasteiger partial charge in [-0.1, -0.05) is 33.1 Å². The van der Waals surface area contributed by atoms with Gasteiger partial charge in [-0.05, 0) is 81.0 Å². The predicted molar refractivity (Wildman–Crippen MR) is 91.9 cm³/mol. The van der Waals surface area contributed by atoms with Crippen LogP contribution in [0.1, 0.15) is 84.5 Å². The smallest absolute Gasteiger partial charge is 0.309 e. The number of ether oxygens (including phenoxy) is 1. The average molecular weight is 319 g/mol. The van der Waals surface area contributed by atoms with Crippen molar-refractivity contribution in [3.05, 3.63) is 0 Å². The molecule has 4 aliphatic carbocycles. The Balaban J connectivity index is 1.46. The van der Waals surface area contributed by atoms with Gasteiger partial charge in [0, 0.05) is 0 Å². The van der Waals surface area contributed by atoms with Crippen LogP contribution < -0.4 is 0 Å². The summed E-state index contributed by atoms with van der Waals surface area (Å²) in [5.74, 6) is 3.95. The van der Waals surface area contributed by atoms with E-state index in [0.29, 0.717) is 17.8 Å². The standard InChI is InChI=1S/C21H34O2/c1-14-15(2)18-12-16(14)13-19(18)20(22)23-21(10-6-7-11-21)17-8-4-3-5-9-17/h14-19H,3-13H2,1-2H3. The van der Waals surface area contributed by atoms with Gasteiger partial charge in [0.25, 0.3) is 0 Å². The Morgan fingerprint density at radius 3 is 2.22 bits per heavy atom. The average Bonchev–Trinajstić information content (AvgIpc) is 3.27. The summed E-state index contributed by atoms with van der Waals surface area (Å²) in [6.45, 7) is 4.75. The van der Waals surface area contributed by atoms with Crippen molar-refractivity contribution in [2.45, 2.75) is 90.1 Å². The SMILES string of the molecule is CC1C2CC(C(=O)OC3(C4CCCCC4)CCCC3)C(C2)C1C. The summed E-state index contributed by atoms with van der Waals surface area (Å²) in [6, 6.07) is 0. The minimum Gasteiger partial charge on any atom is -0.459 e. The minimum absolute atomic E-state index is 0.0752. The van der Waals surface area contributed by atoms with Crippen LogP contribution in [0.2, 0.25) is 0 Å². The highest BCUT2D eigenvalue weighted by Gasteiger charge is 2.53. The molecule has 0 spiro atoms. The number of hydrogen-bond acceptors (Lipinski definition) is 2. The van der Waals surface area contributed by atoms with Crippen molar-refractivity contribution in [2.75, 3.05) is 0 Å². The highest BCUT2D eigenvalue weighted by molar-refractivity contribution is 5.74. The highest BCUT2D eigenvalue weighted by atomic mass is 16.6. The molecule has 0 heterocycles. The molecule has 0 aromatic carbocycles. The molecule has 0 N–H and O–H groups in total. The van der Waals surface area contributed by atoms with Crippen molar-refractivity contribution < 1.29 is 9.53 Å². The molecular weight excluding hydrogens is 284 g/mol. The maximum Gasteiger partial charge on any atom is 0.309 e. The third-order valence-corrected chi connectivity index (χ3v) is 8.30. The lowest BCUT2D eigenvalue weighted by atomic mass is 9.74. The summed E-state index contributed by atoms with van der Waals surface area (Å²) in [5, 5.41) is 0. The fraction of sp³-hybridized carbons (Fsp3) is 0.952. The Hall–Kier alpha value is -0.530. The molecule has 0 saturated heterocycles. The molecule has 2 bridgehead atoms. The molecule has 5 atom stereocenters. The molecule has 4 aliphatic rings. The normalized spacial score (nSPS) is 43.0. The van der Waals surface area contributed by atoms with E-state index in [2.05, 4.69) is 13.8 Å². The van der Waals surface area contributed by atoms with E-state index in [-0.39, 0.29) is 17.5 Å². The number of fused-ring (bicyclic) bond motifs is 2. The number of carbonyl (C=O) groups is 1. The Morgan fingerprint density at radius 2 is 1.61 bits per heavy atom. The van der Waals surface area contributed by atoms with E-state index in [1.165, 1.54) is 51.4 Å². The second kappa shape index (κ2) is 6.08. The minimum atomic E-state index is -0.0752. The van der Waals surface area contributed by atoms with E-state index >= 15 is 0 Å². The van der Waals surface area contributed by atoms with Gasteiger partial charge in [0.15, 0.2) is 0 Å². The molecule has 0 radical (unpaired) electrons. The molecule has 0 aromatic rings. The van der Waals surface area contributed by atoms with Crippen LogP contribution >= 0.6 is 0 Å². The van der Waals surface area contributed by atoms with Crippen LogP contribution in [0.4, 0.5) is 0 Å². The molecule has 4 saturated carbocycles. The Bertz CT molecular complexity index is 443. The first-order valence-electron chi connectivity index (χ1n) is 10.3.